The zero-order chi connectivity index (χ0) is 8.10. The third-order valence-electron chi connectivity index (χ3n) is 1.73. The van der Waals surface area contributed by atoms with Gasteiger partial charge in [-0.25, -0.2) is 0 Å². The summed E-state index contributed by atoms with van der Waals surface area (Å²) in [6, 6.07) is 11.9. The molecule has 0 heterocycles. The van der Waals surface area contributed by atoms with Crippen LogP contribution in [0.3, 0.4) is 0 Å². The SMILES string of the molecule is C=[Si](CCC)c1ccccc1. The van der Waals surface area contributed by atoms with Crippen LogP contribution in [0, 0.1) is 0 Å². The number of benzene rings is 1. The summed E-state index contributed by atoms with van der Waals surface area (Å²) < 4.78 is 0. The normalized spacial score (nSPS) is 9.55. The Morgan fingerprint density at radius 1 is 1.27 bits per heavy atom. The molecule has 1 heteroatoms. The van der Waals surface area contributed by atoms with Crippen molar-refractivity contribution in [2.24, 2.45) is 0 Å². The minimum Gasteiger partial charge on any atom is -0.114 e. The van der Waals surface area contributed by atoms with Crippen LogP contribution >= 0.6 is 0 Å². The average Bonchev–Trinajstić information content (AvgIpc) is 2.07. The predicted molar refractivity (Wildman–Crippen MR) is 54.0 cm³/mol. The summed E-state index contributed by atoms with van der Waals surface area (Å²) in [5, 5.41) is 1.46. The number of hydrogen-bond donors (Lipinski definition) is 0. The molecule has 0 saturated carbocycles. The summed E-state index contributed by atoms with van der Waals surface area (Å²) in [7, 11) is -0.468. The summed E-state index contributed by atoms with van der Waals surface area (Å²) >= 11 is 0. The van der Waals surface area contributed by atoms with Crippen molar-refractivity contribution < 1.29 is 0 Å². The van der Waals surface area contributed by atoms with Gasteiger partial charge in [-0.3, -0.25) is 0 Å². The summed E-state index contributed by atoms with van der Waals surface area (Å²) in [5.41, 5.74) is 0. The monoisotopic (exact) mass is 162 g/mol. The molecule has 58 valence electrons. The lowest BCUT2D eigenvalue weighted by Crippen LogP contribution is -2.19. The van der Waals surface area contributed by atoms with E-state index in [9.17, 15) is 0 Å². The Hall–Kier alpha value is -0.693. The highest BCUT2D eigenvalue weighted by molar-refractivity contribution is 6.74. The summed E-state index contributed by atoms with van der Waals surface area (Å²) in [5.74, 6) is 0. The molecule has 1 aromatic rings. The van der Waals surface area contributed by atoms with E-state index >= 15 is 0 Å². The average molecular weight is 162 g/mol. The van der Waals surface area contributed by atoms with Gasteiger partial charge in [0.1, 0.15) is 0 Å². The highest BCUT2D eigenvalue weighted by Gasteiger charge is 1.95. The predicted octanol–water partition coefficient (Wildman–Crippen LogP) is 1.81. The lowest BCUT2D eigenvalue weighted by molar-refractivity contribution is 1.08. The van der Waals surface area contributed by atoms with Gasteiger partial charge in [0.2, 0.25) is 0 Å². The van der Waals surface area contributed by atoms with E-state index in [1.807, 2.05) is 0 Å². The van der Waals surface area contributed by atoms with E-state index < -0.39 is 8.41 Å². The van der Waals surface area contributed by atoms with E-state index in [1.165, 1.54) is 17.7 Å². The Balaban J connectivity index is 2.69. The lowest BCUT2D eigenvalue weighted by atomic mass is 10.4. The molecule has 11 heavy (non-hydrogen) atoms. The van der Waals surface area contributed by atoms with Gasteiger partial charge in [-0.1, -0.05) is 43.7 Å². The van der Waals surface area contributed by atoms with Crippen molar-refractivity contribution in [3.05, 3.63) is 30.3 Å². The van der Waals surface area contributed by atoms with E-state index in [2.05, 4.69) is 43.4 Å². The van der Waals surface area contributed by atoms with Gasteiger partial charge in [0.25, 0.3) is 0 Å². The first-order chi connectivity index (χ1) is 5.34. The van der Waals surface area contributed by atoms with Crippen LogP contribution in [0.4, 0.5) is 0 Å². The first-order valence-corrected chi connectivity index (χ1v) is 5.99. The summed E-state index contributed by atoms with van der Waals surface area (Å²) in [4.78, 5) is 0. The third kappa shape index (κ3) is 2.43. The first kappa shape index (κ1) is 8.40. The fourth-order valence-electron chi connectivity index (χ4n) is 1.12. The van der Waals surface area contributed by atoms with Crippen LogP contribution in [0.25, 0.3) is 0 Å². The fraction of sp³-hybridized carbons (Fsp3) is 0.300. The lowest BCUT2D eigenvalue weighted by Gasteiger charge is -2.00. The number of hydrogen-bond acceptors (Lipinski definition) is 0. The Bertz CT molecular complexity index is 226. The molecule has 0 spiro atoms. The van der Waals surface area contributed by atoms with Crippen molar-refractivity contribution in [1.29, 1.82) is 0 Å². The highest BCUT2D eigenvalue weighted by Crippen LogP contribution is 1.90. The van der Waals surface area contributed by atoms with Gasteiger partial charge in [0.05, 0.1) is 0 Å². The second-order valence-corrected chi connectivity index (χ2v) is 5.00. The zero-order valence-corrected chi connectivity index (χ0v) is 8.01. The van der Waals surface area contributed by atoms with Crippen molar-refractivity contribution in [3.8, 4) is 0 Å². The maximum absolute atomic E-state index is 4.20. The molecule has 0 radical (unpaired) electrons. The van der Waals surface area contributed by atoms with Gasteiger partial charge >= 0.3 is 0 Å². The molecule has 0 aliphatic rings. The molecule has 0 aromatic heterocycles. The van der Waals surface area contributed by atoms with Gasteiger partial charge in [0, 0.05) is 8.41 Å². The minimum atomic E-state index is -0.468. The van der Waals surface area contributed by atoms with E-state index in [0.717, 1.165) is 0 Å². The van der Waals surface area contributed by atoms with E-state index in [4.69, 9.17) is 0 Å². The van der Waals surface area contributed by atoms with Crippen molar-refractivity contribution in [3.63, 3.8) is 0 Å². The Labute approximate surface area is 70.1 Å². The zero-order valence-electron chi connectivity index (χ0n) is 7.01. The minimum absolute atomic E-state index is 0.468. The second kappa shape index (κ2) is 4.24. The molecular weight excluding hydrogens is 148 g/mol. The molecule has 0 aliphatic carbocycles. The van der Waals surface area contributed by atoms with Gasteiger partial charge in [-0.15, -0.1) is 6.17 Å². The molecule has 1 rings (SSSR count). The van der Waals surface area contributed by atoms with Crippen LogP contribution < -0.4 is 5.19 Å². The van der Waals surface area contributed by atoms with Crippen LogP contribution in [-0.2, 0) is 0 Å². The quantitative estimate of drug-likeness (QED) is 0.595. The molecule has 0 saturated heterocycles. The topological polar surface area (TPSA) is 0 Å². The molecule has 0 bridgehead atoms. The maximum Gasteiger partial charge on any atom is 0.0383 e. The Morgan fingerprint density at radius 2 is 1.91 bits per heavy atom. The van der Waals surface area contributed by atoms with Crippen LogP contribution in [0.15, 0.2) is 30.3 Å². The smallest absolute Gasteiger partial charge is 0.0383 e. The van der Waals surface area contributed by atoms with E-state index in [0.29, 0.717) is 0 Å². The summed E-state index contributed by atoms with van der Waals surface area (Å²) in [6.45, 7) is 2.22. The standard InChI is InChI=1S/C10H14Si/c1-3-9-11(2)10-7-5-4-6-8-10/h4-8H,2-3,9H2,1H3. The van der Waals surface area contributed by atoms with Gasteiger partial charge < -0.3 is 0 Å². The molecule has 0 fully saturated rings. The molecule has 0 atom stereocenters. The van der Waals surface area contributed by atoms with Crippen molar-refractivity contribution in [1.82, 2.24) is 0 Å². The Morgan fingerprint density at radius 3 is 2.45 bits per heavy atom. The first-order valence-electron chi connectivity index (χ1n) is 4.07. The molecule has 0 N–H and O–H groups in total. The molecule has 1 aromatic carbocycles. The van der Waals surface area contributed by atoms with Gasteiger partial charge in [-0.2, -0.15) is 0 Å². The maximum atomic E-state index is 4.20. The van der Waals surface area contributed by atoms with Crippen LogP contribution in [0.2, 0.25) is 6.04 Å². The second-order valence-electron chi connectivity index (χ2n) is 2.72. The van der Waals surface area contributed by atoms with Crippen LogP contribution in [0.5, 0.6) is 0 Å². The highest BCUT2D eigenvalue weighted by atomic mass is 28.2. The van der Waals surface area contributed by atoms with Gasteiger partial charge in [-0.05, 0) is 11.2 Å². The van der Waals surface area contributed by atoms with E-state index in [1.54, 1.807) is 0 Å². The van der Waals surface area contributed by atoms with Crippen molar-refractivity contribution >= 4 is 19.8 Å². The largest absolute Gasteiger partial charge is 0.114 e. The molecule has 0 aliphatic heterocycles. The molecular formula is C10H14Si. The third-order valence-corrected chi connectivity index (χ3v) is 3.99. The van der Waals surface area contributed by atoms with Gasteiger partial charge in [0.15, 0.2) is 0 Å². The Kier molecular flexibility index (Phi) is 3.24. The van der Waals surface area contributed by atoms with E-state index in [-0.39, 0.29) is 0 Å². The molecule has 0 unspecified atom stereocenters. The molecule has 0 nitrogen and oxygen atoms in total. The number of rotatable bonds is 3. The van der Waals surface area contributed by atoms with Crippen molar-refractivity contribution in [2.45, 2.75) is 19.4 Å². The van der Waals surface area contributed by atoms with Crippen LogP contribution in [0.1, 0.15) is 13.3 Å². The fourth-order valence-corrected chi connectivity index (χ4v) is 2.68. The van der Waals surface area contributed by atoms with Crippen molar-refractivity contribution in [2.75, 3.05) is 0 Å². The summed E-state index contributed by atoms with van der Waals surface area (Å²) in [6.07, 6.45) is 5.46. The van der Waals surface area contributed by atoms with Crippen LogP contribution in [-0.4, -0.2) is 14.6 Å². The molecule has 0 amide bonds.